The highest BCUT2D eigenvalue weighted by Crippen LogP contribution is 2.27. The first kappa shape index (κ1) is 12.6. The molecule has 0 aliphatic rings. The van der Waals surface area contributed by atoms with Crippen molar-refractivity contribution in [2.45, 2.75) is 26.8 Å². The standard InChI is InChI=1S/C12H16BrN3S/c1-4-11-12(7-16(3)15-11)14-6-9-5-10(13)8(2)17-9/h5,7,14H,4,6H2,1-3H3. The van der Waals surface area contributed by atoms with Gasteiger partial charge in [-0.1, -0.05) is 6.92 Å². The van der Waals surface area contributed by atoms with Crippen LogP contribution in [0.3, 0.4) is 0 Å². The molecule has 0 aromatic carbocycles. The SMILES string of the molecule is CCc1nn(C)cc1NCc1cc(Br)c(C)s1. The fraction of sp³-hybridized carbons (Fsp3) is 0.417. The van der Waals surface area contributed by atoms with Gasteiger partial charge in [0, 0.05) is 34.0 Å². The molecule has 0 bridgehead atoms. The molecule has 0 amide bonds. The summed E-state index contributed by atoms with van der Waals surface area (Å²) in [7, 11) is 1.95. The normalized spacial score (nSPS) is 10.8. The van der Waals surface area contributed by atoms with E-state index in [0.717, 1.165) is 24.3 Å². The van der Waals surface area contributed by atoms with Crippen molar-refractivity contribution in [3.8, 4) is 0 Å². The minimum atomic E-state index is 0.857. The summed E-state index contributed by atoms with van der Waals surface area (Å²) in [6.45, 7) is 5.11. The quantitative estimate of drug-likeness (QED) is 0.932. The molecule has 0 radical (unpaired) electrons. The van der Waals surface area contributed by atoms with Crippen LogP contribution in [0.1, 0.15) is 22.4 Å². The number of anilines is 1. The zero-order chi connectivity index (χ0) is 12.4. The van der Waals surface area contributed by atoms with Crippen LogP contribution in [0.25, 0.3) is 0 Å². The first-order valence-electron chi connectivity index (χ1n) is 5.61. The second-order valence-electron chi connectivity index (χ2n) is 3.99. The smallest absolute Gasteiger partial charge is 0.0853 e. The molecule has 2 aromatic rings. The minimum absolute atomic E-state index is 0.857. The predicted octanol–water partition coefficient (Wildman–Crippen LogP) is 3.73. The van der Waals surface area contributed by atoms with Crippen molar-refractivity contribution in [3.05, 3.63) is 32.2 Å². The van der Waals surface area contributed by atoms with Crippen LogP contribution < -0.4 is 5.32 Å². The van der Waals surface area contributed by atoms with E-state index in [9.17, 15) is 0 Å². The molecule has 1 N–H and O–H groups in total. The third-order valence-corrected chi connectivity index (χ3v) is 4.74. The number of rotatable bonds is 4. The Bertz CT molecular complexity index is 496. The van der Waals surface area contributed by atoms with Crippen molar-refractivity contribution in [3.63, 3.8) is 0 Å². The maximum Gasteiger partial charge on any atom is 0.0853 e. The molecule has 2 heterocycles. The highest BCUT2D eigenvalue weighted by Gasteiger charge is 2.07. The number of nitrogens with zero attached hydrogens (tertiary/aromatic N) is 2. The molecule has 0 spiro atoms. The van der Waals surface area contributed by atoms with E-state index in [4.69, 9.17) is 0 Å². The highest BCUT2D eigenvalue weighted by molar-refractivity contribution is 9.10. The Kier molecular flexibility index (Phi) is 3.89. The molecular weight excluding hydrogens is 298 g/mol. The van der Waals surface area contributed by atoms with Crippen LogP contribution in [0.15, 0.2) is 16.7 Å². The van der Waals surface area contributed by atoms with Crippen LogP contribution in [0.2, 0.25) is 0 Å². The number of hydrogen-bond donors (Lipinski definition) is 1. The Labute approximate surface area is 114 Å². The number of aryl methyl sites for hydroxylation is 3. The molecule has 0 fully saturated rings. The van der Waals surface area contributed by atoms with Gasteiger partial charge in [-0.3, -0.25) is 4.68 Å². The Morgan fingerprint density at radius 2 is 2.29 bits per heavy atom. The van der Waals surface area contributed by atoms with Gasteiger partial charge in [-0.15, -0.1) is 11.3 Å². The van der Waals surface area contributed by atoms with Gasteiger partial charge in [0.25, 0.3) is 0 Å². The topological polar surface area (TPSA) is 29.9 Å². The van der Waals surface area contributed by atoms with E-state index in [-0.39, 0.29) is 0 Å². The summed E-state index contributed by atoms with van der Waals surface area (Å²) in [5.41, 5.74) is 2.26. The molecular formula is C12H16BrN3S. The molecule has 2 rings (SSSR count). The summed E-state index contributed by atoms with van der Waals surface area (Å²) in [4.78, 5) is 2.66. The van der Waals surface area contributed by atoms with Crippen LogP contribution in [-0.4, -0.2) is 9.78 Å². The fourth-order valence-electron chi connectivity index (χ4n) is 1.73. The van der Waals surface area contributed by atoms with Gasteiger partial charge in [-0.2, -0.15) is 5.10 Å². The monoisotopic (exact) mass is 313 g/mol. The third kappa shape index (κ3) is 2.90. The molecule has 0 aliphatic carbocycles. The Balaban J connectivity index is 2.06. The van der Waals surface area contributed by atoms with E-state index in [1.54, 1.807) is 0 Å². The summed E-state index contributed by atoms with van der Waals surface area (Å²) in [5.74, 6) is 0. The average Bonchev–Trinajstić information content (AvgIpc) is 2.80. The van der Waals surface area contributed by atoms with Crippen molar-refractivity contribution in [2.24, 2.45) is 7.05 Å². The number of aromatic nitrogens is 2. The third-order valence-electron chi connectivity index (χ3n) is 2.60. The van der Waals surface area contributed by atoms with E-state index >= 15 is 0 Å². The van der Waals surface area contributed by atoms with Crippen molar-refractivity contribution < 1.29 is 0 Å². The molecule has 5 heteroatoms. The molecule has 0 saturated heterocycles. The average molecular weight is 314 g/mol. The molecule has 2 aromatic heterocycles. The summed E-state index contributed by atoms with van der Waals surface area (Å²) in [6, 6.07) is 2.18. The predicted molar refractivity (Wildman–Crippen MR) is 76.7 cm³/mol. The summed E-state index contributed by atoms with van der Waals surface area (Å²) in [6.07, 6.45) is 2.99. The van der Waals surface area contributed by atoms with Gasteiger partial charge < -0.3 is 5.32 Å². The summed E-state index contributed by atoms with van der Waals surface area (Å²) >= 11 is 5.36. The van der Waals surface area contributed by atoms with Crippen molar-refractivity contribution in [1.29, 1.82) is 0 Å². The summed E-state index contributed by atoms with van der Waals surface area (Å²) < 4.78 is 3.05. The lowest BCUT2D eigenvalue weighted by atomic mass is 10.3. The second kappa shape index (κ2) is 5.23. The van der Waals surface area contributed by atoms with E-state index in [0.29, 0.717) is 0 Å². The van der Waals surface area contributed by atoms with Crippen molar-refractivity contribution in [2.75, 3.05) is 5.32 Å². The van der Waals surface area contributed by atoms with Crippen LogP contribution in [0.4, 0.5) is 5.69 Å². The number of thiophene rings is 1. The number of halogens is 1. The lowest BCUT2D eigenvalue weighted by Gasteiger charge is -2.02. The van der Waals surface area contributed by atoms with Crippen molar-refractivity contribution >= 4 is 33.0 Å². The van der Waals surface area contributed by atoms with Crippen LogP contribution in [0, 0.1) is 6.92 Å². The number of nitrogens with one attached hydrogen (secondary N) is 1. The molecule has 92 valence electrons. The zero-order valence-corrected chi connectivity index (χ0v) is 12.7. The molecule has 17 heavy (non-hydrogen) atoms. The van der Waals surface area contributed by atoms with E-state index in [1.165, 1.54) is 14.2 Å². The second-order valence-corrected chi connectivity index (χ2v) is 6.18. The van der Waals surface area contributed by atoms with Gasteiger partial charge in [0.15, 0.2) is 0 Å². The largest absolute Gasteiger partial charge is 0.377 e. The van der Waals surface area contributed by atoms with Gasteiger partial charge in [-0.25, -0.2) is 0 Å². The van der Waals surface area contributed by atoms with Gasteiger partial charge in [-0.05, 0) is 35.3 Å². The van der Waals surface area contributed by atoms with Crippen LogP contribution in [-0.2, 0) is 20.0 Å². The van der Waals surface area contributed by atoms with E-state index in [1.807, 2.05) is 29.3 Å². The first-order chi connectivity index (χ1) is 8.10. The molecule has 0 aliphatic heterocycles. The zero-order valence-electron chi connectivity index (χ0n) is 10.2. The van der Waals surface area contributed by atoms with E-state index in [2.05, 4.69) is 46.3 Å². The molecule has 0 saturated carbocycles. The minimum Gasteiger partial charge on any atom is -0.377 e. The molecule has 0 atom stereocenters. The van der Waals surface area contributed by atoms with E-state index < -0.39 is 0 Å². The Morgan fingerprint density at radius 1 is 1.53 bits per heavy atom. The van der Waals surface area contributed by atoms with Gasteiger partial charge >= 0.3 is 0 Å². The fourth-order valence-corrected chi connectivity index (χ4v) is 3.27. The molecule has 3 nitrogen and oxygen atoms in total. The van der Waals surface area contributed by atoms with Gasteiger partial charge in [0.05, 0.1) is 11.4 Å². The van der Waals surface area contributed by atoms with Gasteiger partial charge in [0.1, 0.15) is 0 Å². The van der Waals surface area contributed by atoms with Crippen LogP contribution in [0.5, 0.6) is 0 Å². The van der Waals surface area contributed by atoms with Crippen LogP contribution >= 0.6 is 27.3 Å². The number of hydrogen-bond acceptors (Lipinski definition) is 3. The first-order valence-corrected chi connectivity index (χ1v) is 7.22. The highest BCUT2D eigenvalue weighted by atomic mass is 79.9. The Morgan fingerprint density at radius 3 is 2.88 bits per heavy atom. The lowest BCUT2D eigenvalue weighted by Crippen LogP contribution is -1.98. The van der Waals surface area contributed by atoms with Crippen molar-refractivity contribution in [1.82, 2.24) is 9.78 Å². The molecule has 0 unspecified atom stereocenters. The lowest BCUT2D eigenvalue weighted by molar-refractivity contribution is 0.746. The maximum absolute atomic E-state index is 4.41. The summed E-state index contributed by atoms with van der Waals surface area (Å²) in [5, 5.41) is 7.86. The Hall–Kier alpha value is -0.810. The maximum atomic E-state index is 4.41. The van der Waals surface area contributed by atoms with Gasteiger partial charge in [0.2, 0.25) is 0 Å².